The van der Waals surface area contributed by atoms with Crippen molar-refractivity contribution in [1.82, 2.24) is 4.98 Å². The minimum absolute atomic E-state index is 0.178. The van der Waals surface area contributed by atoms with E-state index in [-0.39, 0.29) is 5.97 Å². The van der Waals surface area contributed by atoms with Crippen LogP contribution in [0.15, 0.2) is 30.6 Å². The molecule has 0 aliphatic carbocycles. The first-order valence-corrected chi connectivity index (χ1v) is 5.61. The Balaban J connectivity index is 2.35. The Morgan fingerprint density at radius 2 is 2.12 bits per heavy atom. The largest absolute Gasteiger partial charge is 0.469 e. The molecule has 1 aromatic heterocycles. The highest BCUT2D eigenvalue weighted by Gasteiger charge is 2.06. The maximum absolute atomic E-state index is 11.2. The average Bonchev–Trinajstić information content (AvgIpc) is 2.38. The van der Waals surface area contributed by atoms with E-state index in [0.29, 0.717) is 12.8 Å². The number of rotatable bonds is 3. The van der Waals surface area contributed by atoms with Crippen LogP contribution in [-0.4, -0.2) is 18.1 Å². The monoisotopic (exact) mass is 229 g/mol. The molecule has 3 nitrogen and oxygen atoms in total. The molecular weight excluding hydrogens is 214 g/mol. The van der Waals surface area contributed by atoms with Gasteiger partial charge in [0.15, 0.2) is 0 Å². The molecule has 0 atom stereocenters. The van der Waals surface area contributed by atoms with Crippen molar-refractivity contribution in [1.29, 1.82) is 0 Å². The third kappa shape index (κ3) is 2.44. The highest BCUT2D eigenvalue weighted by molar-refractivity contribution is 5.88. The number of hydrogen-bond donors (Lipinski definition) is 0. The summed E-state index contributed by atoms with van der Waals surface area (Å²) in [6.07, 6.45) is 4.74. The Morgan fingerprint density at radius 3 is 2.88 bits per heavy atom. The standard InChI is InChI=1S/C14H15NO2/c1-10-3-4-11(5-6-14(16)17-2)13-9-15-8-7-12(10)13/h3-4,7-9H,5-6H2,1-2H3. The second-order valence-electron chi connectivity index (χ2n) is 4.04. The number of carbonyl (C=O) groups is 1. The van der Waals surface area contributed by atoms with E-state index < -0.39 is 0 Å². The lowest BCUT2D eigenvalue weighted by Crippen LogP contribution is -2.02. The number of pyridine rings is 1. The lowest BCUT2D eigenvalue weighted by Gasteiger charge is -2.07. The van der Waals surface area contributed by atoms with Crippen LogP contribution < -0.4 is 0 Å². The molecule has 0 amide bonds. The zero-order valence-electron chi connectivity index (χ0n) is 10.1. The van der Waals surface area contributed by atoms with Gasteiger partial charge in [0, 0.05) is 24.2 Å². The fourth-order valence-corrected chi connectivity index (χ4v) is 1.96. The summed E-state index contributed by atoms with van der Waals surface area (Å²) in [5.41, 5.74) is 2.37. The smallest absolute Gasteiger partial charge is 0.305 e. The summed E-state index contributed by atoms with van der Waals surface area (Å²) >= 11 is 0. The van der Waals surface area contributed by atoms with E-state index in [2.05, 4.69) is 28.8 Å². The van der Waals surface area contributed by atoms with Crippen LogP contribution in [0.4, 0.5) is 0 Å². The molecule has 0 spiro atoms. The van der Waals surface area contributed by atoms with Crippen molar-refractivity contribution >= 4 is 16.7 Å². The topological polar surface area (TPSA) is 39.2 Å². The summed E-state index contributed by atoms with van der Waals surface area (Å²) in [6.45, 7) is 2.08. The average molecular weight is 229 g/mol. The predicted octanol–water partition coefficient (Wildman–Crippen LogP) is 2.65. The Labute approximate surface area is 100 Å². The lowest BCUT2D eigenvalue weighted by molar-refractivity contribution is -0.140. The molecule has 3 heteroatoms. The molecule has 17 heavy (non-hydrogen) atoms. The highest BCUT2D eigenvalue weighted by atomic mass is 16.5. The van der Waals surface area contributed by atoms with Crippen LogP contribution >= 0.6 is 0 Å². The number of esters is 1. The van der Waals surface area contributed by atoms with Gasteiger partial charge in [0.2, 0.25) is 0 Å². The maximum Gasteiger partial charge on any atom is 0.305 e. The highest BCUT2D eigenvalue weighted by Crippen LogP contribution is 2.22. The summed E-state index contributed by atoms with van der Waals surface area (Å²) in [5.74, 6) is -0.178. The molecule has 2 rings (SSSR count). The van der Waals surface area contributed by atoms with E-state index in [0.717, 1.165) is 10.9 Å². The van der Waals surface area contributed by atoms with Gasteiger partial charge < -0.3 is 4.74 Å². The SMILES string of the molecule is COC(=O)CCc1ccc(C)c2ccncc12. The predicted molar refractivity (Wildman–Crippen MR) is 66.8 cm³/mol. The number of methoxy groups -OCH3 is 1. The van der Waals surface area contributed by atoms with Crippen LogP contribution in [0.25, 0.3) is 10.8 Å². The summed E-state index contributed by atoms with van der Waals surface area (Å²) < 4.78 is 4.65. The maximum atomic E-state index is 11.2. The van der Waals surface area contributed by atoms with Crippen LogP contribution in [0.3, 0.4) is 0 Å². The van der Waals surface area contributed by atoms with Crippen LogP contribution in [0.2, 0.25) is 0 Å². The van der Waals surface area contributed by atoms with Gasteiger partial charge in [-0.15, -0.1) is 0 Å². The number of ether oxygens (including phenoxy) is 1. The van der Waals surface area contributed by atoms with Gasteiger partial charge in [-0.05, 0) is 35.9 Å². The molecule has 2 aromatic rings. The zero-order valence-corrected chi connectivity index (χ0v) is 10.1. The van der Waals surface area contributed by atoms with Crippen molar-refractivity contribution in [3.05, 3.63) is 41.7 Å². The minimum Gasteiger partial charge on any atom is -0.469 e. The normalized spacial score (nSPS) is 10.5. The number of nitrogens with zero attached hydrogens (tertiary/aromatic N) is 1. The van der Waals surface area contributed by atoms with Gasteiger partial charge in [-0.2, -0.15) is 0 Å². The molecule has 0 radical (unpaired) electrons. The molecule has 0 bridgehead atoms. The van der Waals surface area contributed by atoms with Crippen molar-refractivity contribution in [2.24, 2.45) is 0 Å². The van der Waals surface area contributed by atoms with Crippen molar-refractivity contribution in [2.75, 3.05) is 7.11 Å². The van der Waals surface area contributed by atoms with Crippen LogP contribution in [-0.2, 0) is 16.0 Å². The van der Waals surface area contributed by atoms with Crippen molar-refractivity contribution in [3.63, 3.8) is 0 Å². The lowest BCUT2D eigenvalue weighted by atomic mass is 9.99. The summed E-state index contributed by atoms with van der Waals surface area (Å²) in [6, 6.07) is 6.14. The molecule has 1 aromatic carbocycles. The molecule has 0 fully saturated rings. The fourth-order valence-electron chi connectivity index (χ4n) is 1.96. The fraction of sp³-hybridized carbons (Fsp3) is 0.286. The van der Waals surface area contributed by atoms with E-state index in [9.17, 15) is 4.79 Å². The van der Waals surface area contributed by atoms with E-state index in [1.165, 1.54) is 18.1 Å². The molecule has 0 aliphatic heterocycles. The molecule has 0 saturated heterocycles. The second kappa shape index (κ2) is 4.95. The second-order valence-corrected chi connectivity index (χ2v) is 4.04. The van der Waals surface area contributed by atoms with Crippen LogP contribution in [0.5, 0.6) is 0 Å². The van der Waals surface area contributed by atoms with Gasteiger partial charge in [-0.3, -0.25) is 9.78 Å². The van der Waals surface area contributed by atoms with E-state index in [1.807, 2.05) is 12.3 Å². The van der Waals surface area contributed by atoms with Gasteiger partial charge in [-0.1, -0.05) is 12.1 Å². The molecule has 0 unspecified atom stereocenters. The van der Waals surface area contributed by atoms with Crippen LogP contribution in [0.1, 0.15) is 17.5 Å². The van der Waals surface area contributed by atoms with Gasteiger partial charge in [0.1, 0.15) is 0 Å². The Morgan fingerprint density at radius 1 is 1.29 bits per heavy atom. The van der Waals surface area contributed by atoms with Crippen molar-refractivity contribution in [3.8, 4) is 0 Å². The van der Waals surface area contributed by atoms with Crippen molar-refractivity contribution in [2.45, 2.75) is 19.8 Å². The molecule has 0 N–H and O–H groups in total. The van der Waals surface area contributed by atoms with E-state index in [4.69, 9.17) is 0 Å². The summed E-state index contributed by atoms with van der Waals surface area (Å²) in [4.78, 5) is 15.3. The molecular formula is C14H15NO2. The number of fused-ring (bicyclic) bond motifs is 1. The van der Waals surface area contributed by atoms with E-state index >= 15 is 0 Å². The van der Waals surface area contributed by atoms with Crippen LogP contribution in [0, 0.1) is 6.92 Å². The summed E-state index contributed by atoms with van der Waals surface area (Å²) in [7, 11) is 1.41. The first-order chi connectivity index (χ1) is 8.22. The number of aromatic nitrogens is 1. The van der Waals surface area contributed by atoms with E-state index in [1.54, 1.807) is 6.20 Å². The third-order valence-corrected chi connectivity index (χ3v) is 2.95. The molecule has 88 valence electrons. The van der Waals surface area contributed by atoms with Gasteiger partial charge in [0.25, 0.3) is 0 Å². The Hall–Kier alpha value is -1.90. The first kappa shape index (κ1) is 11.6. The number of carbonyl (C=O) groups excluding carboxylic acids is 1. The van der Waals surface area contributed by atoms with Gasteiger partial charge in [-0.25, -0.2) is 0 Å². The number of aryl methyl sites for hydroxylation is 2. The van der Waals surface area contributed by atoms with Crippen molar-refractivity contribution < 1.29 is 9.53 Å². The third-order valence-electron chi connectivity index (χ3n) is 2.95. The summed E-state index contributed by atoms with van der Waals surface area (Å²) in [5, 5.41) is 2.32. The Kier molecular flexibility index (Phi) is 3.38. The zero-order chi connectivity index (χ0) is 12.3. The number of benzene rings is 1. The quantitative estimate of drug-likeness (QED) is 0.759. The number of hydrogen-bond acceptors (Lipinski definition) is 3. The van der Waals surface area contributed by atoms with Gasteiger partial charge in [0.05, 0.1) is 7.11 Å². The molecule has 1 heterocycles. The molecule has 0 saturated carbocycles. The van der Waals surface area contributed by atoms with Gasteiger partial charge >= 0.3 is 5.97 Å². The minimum atomic E-state index is -0.178. The Bertz CT molecular complexity index is 549. The first-order valence-electron chi connectivity index (χ1n) is 5.61. The molecule has 0 aliphatic rings.